The van der Waals surface area contributed by atoms with E-state index in [1.165, 1.54) is 11.1 Å². The molecule has 0 spiro atoms. The SMILES string of the molecule is Cc1cnccc1CN1CCN(C(=O)c2cc3c(NC4CCOCC4)c(C4CCC4C)c(=O)[nH]c3cc2C)CC1. The molecule has 0 bridgehead atoms. The first kappa shape index (κ1) is 27.0. The molecular weight excluding hydrogens is 502 g/mol. The van der Waals surface area contributed by atoms with Gasteiger partial charge in [0.25, 0.3) is 11.5 Å². The molecule has 212 valence electrons. The number of rotatable bonds is 6. The molecule has 40 heavy (non-hydrogen) atoms. The van der Waals surface area contributed by atoms with Crippen molar-refractivity contribution in [2.45, 2.75) is 65.0 Å². The number of hydrogen-bond acceptors (Lipinski definition) is 6. The lowest BCUT2D eigenvalue weighted by molar-refractivity contribution is 0.0627. The Morgan fingerprint density at radius 2 is 1.85 bits per heavy atom. The fourth-order valence-corrected chi connectivity index (χ4v) is 6.55. The van der Waals surface area contributed by atoms with E-state index in [9.17, 15) is 9.59 Å². The zero-order valence-corrected chi connectivity index (χ0v) is 24.0. The standard InChI is InChI=1S/C32H41N5O3/c1-20-4-5-25(20)29-30(34-24-7-14-40-15-8-24)27-17-26(21(2)16-28(27)35-31(29)38)32(39)37-12-10-36(11-13-37)19-23-6-9-33-18-22(23)3/h6,9,16-18,20,24-25H,4-5,7-8,10-15,19H2,1-3H3,(H2,34,35,38). The highest BCUT2D eigenvalue weighted by molar-refractivity contribution is 6.03. The highest BCUT2D eigenvalue weighted by Gasteiger charge is 2.34. The number of carbonyl (C=O) groups excluding carboxylic acids is 1. The van der Waals surface area contributed by atoms with Gasteiger partial charge in [0.2, 0.25) is 0 Å². The lowest BCUT2D eigenvalue weighted by Gasteiger charge is -2.36. The lowest BCUT2D eigenvalue weighted by Crippen LogP contribution is -2.48. The van der Waals surface area contributed by atoms with Gasteiger partial charge in [-0.2, -0.15) is 0 Å². The van der Waals surface area contributed by atoms with Crippen molar-refractivity contribution in [1.29, 1.82) is 0 Å². The second kappa shape index (κ2) is 11.3. The number of carbonyl (C=O) groups is 1. The Kier molecular flexibility index (Phi) is 7.64. The molecule has 1 aromatic carbocycles. The number of amides is 1. The number of nitrogens with zero attached hydrogens (tertiary/aromatic N) is 3. The summed E-state index contributed by atoms with van der Waals surface area (Å²) in [4.78, 5) is 39.1. The molecule has 4 heterocycles. The van der Waals surface area contributed by atoms with E-state index in [2.05, 4.69) is 40.1 Å². The highest BCUT2D eigenvalue weighted by Crippen LogP contribution is 2.45. The van der Waals surface area contributed by atoms with Gasteiger partial charge in [0.15, 0.2) is 0 Å². The van der Waals surface area contributed by atoms with E-state index in [-0.39, 0.29) is 23.4 Å². The number of pyridine rings is 2. The summed E-state index contributed by atoms with van der Waals surface area (Å²) < 4.78 is 5.59. The predicted octanol–water partition coefficient (Wildman–Crippen LogP) is 4.60. The van der Waals surface area contributed by atoms with E-state index in [1.807, 2.05) is 36.4 Å². The van der Waals surface area contributed by atoms with Crippen molar-refractivity contribution in [2.75, 3.05) is 44.7 Å². The van der Waals surface area contributed by atoms with Crippen LogP contribution in [0.5, 0.6) is 0 Å². The monoisotopic (exact) mass is 543 g/mol. The first-order chi connectivity index (χ1) is 19.4. The van der Waals surface area contributed by atoms with Crippen molar-refractivity contribution in [1.82, 2.24) is 19.8 Å². The number of H-pyrrole nitrogens is 1. The van der Waals surface area contributed by atoms with Crippen LogP contribution in [0, 0.1) is 19.8 Å². The summed E-state index contributed by atoms with van der Waals surface area (Å²) in [6.45, 7) is 11.7. The number of benzene rings is 1. The maximum absolute atomic E-state index is 13.9. The van der Waals surface area contributed by atoms with Gasteiger partial charge in [0, 0.05) is 80.9 Å². The molecule has 2 saturated heterocycles. The molecule has 2 aromatic heterocycles. The van der Waals surface area contributed by atoms with Gasteiger partial charge < -0.3 is 19.9 Å². The maximum atomic E-state index is 13.9. The van der Waals surface area contributed by atoms with Crippen molar-refractivity contribution in [3.8, 4) is 0 Å². The molecule has 8 heteroatoms. The average molecular weight is 544 g/mol. The van der Waals surface area contributed by atoms with Crippen LogP contribution in [0.2, 0.25) is 0 Å². The Hall–Kier alpha value is -3.23. The second-order valence-corrected chi connectivity index (χ2v) is 12.0. The van der Waals surface area contributed by atoms with Crippen LogP contribution in [0.4, 0.5) is 5.69 Å². The van der Waals surface area contributed by atoms with E-state index < -0.39 is 0 Å². The third-order valence-corrected chi connectivity index (χ3v) is 9.38. The van der Waals surface area contributed by atoms with Crippen LogP contribution in [0.15, 0.2) is 35.4 Å². The lowest BCUT2D eigenvalue weighted by atomic mass is 9.70. The largest absolute Gasteiger partial charge is 0.381 e. The van der Waals surface area contributed by atoms with Gasteiger partial charge in [-0.15, -0.1) is 0 Å². The van der Waals surface area contributed by atoms with Crippen molar-refractivity contribution in [2.24, 2.45) is 5.92 Å². The van der Waals surface area contributed by atoms with Crippen LogP contribution in [0.1, 0.15) is 71.1 Å². The summed E-state index contributed by atoms with van der Waals surface area (Å²) in [5.74, 6) is 0.793. The molecule has 2 unspecified atom stereocenters. The highest BCUT2D eigenvalue weighted by atomic mass is 16.5. The molecule has 2 aliphatic heterocycles. The van der Waals surface area contributed by atoms with Gasteiger partial charge in [-0.1, -0.05) is 6.92 Å². The average Bonchev–Trinajstić information content (AvgIpc) is 2.95. The summed E-state index contributed by atoms with van der Waals surface area (Å²) >= 11 is 0. The minimum absolute atomic E-state index is 0.00218. The van der Waals surface area contributed by atoms with E-state index in [1.54, 1.807) is 0 Å². The van der Waals surface area contributed by atoms with Gasteiger partial charge in [-0.25, -0.2) is 0 Å². The first-order valence-corrected chi connectivity index (χ1v) is 14.8. The second-order valence-electron chi connectivity index (χ2n) is 12.0. The van der Waals surface area contributed by atoms with Crippen molar-refractivity contribution >= 4 is 22.5 Å². The third kappa shape index (κ3) is 5.27. The number of aromatic amines is 1. The summed E-state index contributed by atoms with van der Waals surface area (Å²) in [5.41, 5.74) is 6.68. The van der Waals surface area contributed by atoms with Crippen LogP contribution >= 0.6 is 0 Å². The molecule has 2 atom stereocenters. The minimum atomic E-state index is -0.00218. The summed E-state index contributed by atoms with van der Waals surface area (Å²) in [6, 6.07) is 6.35. The first-order valence-electron chi connectivity index (χ1n) is 14.8. The molecular formula is C32H41N5O3. The molecule has 0 radical (unpaired) electrons. The Bertz CT molecular complexity index is 1450. The number of ether oxygens (including phenoxy) is 1. The predicted molar refractivity (Wildman–Crippen MR) is 158 cm³/mol. The maximum Gasteiger partial charge on any atom is 0.254 e. The Morgan fingerprint density at radius 3 is 2.52 bits per heavy atom. The van der Waals surface area contributed by atoms with E-state index in [0.717, 1.165) is 91.8 Å². The van der Waals surface area contributed by atoms with Crippen LogP contribution in [-0.4, -0.2) is 71.1 Å². The number of hydrogen-bond donors (Lipinski definition) is 2. The molecule has 2 N–H and O–H groups in total. The van der Waals surface area contributed by atoms with Crippen LogP contribution in [-0.2, 0) is 11.3 Å². The van der Waals surface area contributed by atoms with Gasteiger partial charge in [0.1, 0.15) is 0 Å². The van der Waals surface area contributed by atoms with Crippen molar-refractivity contribution < 1.29 is 9.53 Å². The Balaban J connectivity index is 1.29. The van der Waals surface area contributed by atoms with Crippen LogP contribution in [0.25, 0.3) is 10.9 Å². The fraction of sp³-hybridized carbons (Fsp3) is 0.531. The summed E-state index contributed by atoms with van der Waals surface area (Å²) in [5, 5.41) is 4.71. The molecule has 6 rings (SSSR count). The smallest absolute Gasteiger partial charge is 0.254 e. The van der Waals surface area contributed by atoms with Crippen molar-refractivity contribution in [3.05, 3.63) is 68.8 Å². The molecule has 8 nitrogen and oxygen atoms in total. The van der Waals surface area contributed by atoms with Gasteiger partial charge in [-0.05, 0) is 86.3 Å². The zero-order chi connectivity index (χ0) is 27.8. The van der Waals surface area contributed by atoms with Crippen LogP contribution in [0.3, 0.4) is 0 Å². The molecule has 1 amide bonds. The number of piperazine rings is 1. The third-order valence-electron chi connectivity index (χ3n) is 9.38. The summed E-state index contributed by atoms with van der Waals surface area (Å²) in [6.07, 6.45) is 7.75. The van der Waals surface area contributed by atoms with E-state index in [4.69, 9.17) is 4.74 Å². The van der Waals surface area contributed by atoms with Gasteiger partial charge in [0.05, 0.1) is 11.2 Å². The van der Waals surface area contributed by atoms with Crippen LogP contribution < -0.4 is 10.9 Å². The topological polar surface area (TPSA) is 90.6 Å². The van der Waals surface area contributed by atoms with Crippen molar-refractivity contribution in [3.63, 3.8) is 0 Å². The minimum Gasteiger partial charge on any atom is -0.381 e. The number of aryl methyl sites for hydroxylation is 2. The van der Waals surface area contributed by atoms with Gasteiger partial charge >= 0.3 is 0 Å². The fourth-order valence-electron chi connectivity index (χ4n) is 6.55. The Labute approximate surface area is 236 Å². The number of fused-ring (bicyclic) bond motifs is 1. The molecule has 1 saturated carbocycles. The molecule has 3 fully saturated rings. The molecule has 1 aliphatic carbocycles. The number of nitrogens with one attached hydrogen (secondary N) is 2. The molecule has 3 aromatic rings. The van der Waals surface area contributed by atoms with E-state index in [0.29, 0.717) is 19.0 Å². The zero-order valence-electron chi connectivity index (χ0n) is 24.0. The van der Waals surface area contributed by atoms with Gasteiger partial charge in [-0.3, -0.25) is 19.5 Å². The summed E-state index contributed by atoms with van der Waals surface area (Å²) in [7, 11) is 0. The quantitative estimate of drug-likeness (QED) is 0.472. The normalized spacial score (nSPS) is 22.3. The Morgan fingerprint density at radius 1 is 1.07 bits per heavy atom. The van der Waals surface area contributed by atoms with E-state index >= 15 is 0 Å². The number of aromatic nitrogens is 2. The number of anilines is 1. The molecule has 3 aliphatic rings.